The van der Waals surface area contributed by atoms with Crippen LogP contribution in [0.1, 0.15) is 23.2 Å². The minimum absolute atomic E-state index is 0. The number of rotatable bonds is 6. The molecular weight excluding hydrogens is 427 g/mol. The number of guanidine groups is 1. The number of nitrogens with one attached hydrogen (secondary N) is 1. The molecule has 7 heteroatoms. The average molecular weight is 450 g/mol. The van der Waals surface area contributed by atoms with E-state index in [1.807, 2.05) is 6.92 Å². The second-order valence-electron chi connectivity index (χ2n) is 4.83. The maximum atomic E-state index is 4.70. The molecule has 0 bridgehead atoms. The van der Waals surface area contributed by atoms with Gasteiger partial charge in [0.1, 0.15) is 0 Å². The number of aromatic nitrogens is 1. The molecule has 0 unspecified atom stereocenters. The number of nitrogens with zero attached hydrogens (tertiary/aromatic N) is 3. The summed E-state index contributed by atoms with van der Waals surface area (Å²) in [7, 11) is 2.06. The van der Waals surface area contributed by atoms with Crippen molar-refractivity contribution >= 4 is 52.6 Å². The van der Waals surface area contributed by atoms with Gasteiger partial charge in [-0.2, -0.15) is 11.3 Å². The van der Waals surface area contributed by atoms with E-state index < -0.39 is 0 Å². The van der Waals surface area contributed by atoms with Crippen LogP contribution in [0.5, 0.6) is 0 Å². The molecule has 2 aromatic rings. The Balaban J connectivity index is 0.00000242. The fourth-order valence-corrected chi connectivity index (χ4v) is 3.30. The van der Waals surface area contributed by atoms with E-state index in [0.717, 1.165) is 42.7 Å². The Morgan fingerprint density at radius 1 is 1.41 bits per heavy atom. The third-order valence-corrected chi connectivity index (χ3v) is 4.56. The molecule has 0 aliphatic rings. The van der Waals surface area contributed by atoms with Gasteiger partial charge in [-0.3, -0.25) is 4.99 Å². The van der Waals surface area contributed by atoms with E-state index in [1.54, 1.807) is 22.7 Å². The highest BCUT2D eigenvalue weighted by atomic mass is 127. The largest absolute Gasteiger partial charge is 0.357 e. The molecule has 2 rings (SSSR count). The Morgan fingerprint density at radius 2 is 2.23 bits per heavy atom. The summed E-state index contributed by atoms with van der Waals surface area (Å²) >= 11 is 3.43. The topological polar surface area (TPSA) is 40.5 Å². The summed E-state index contributed by atoms with van der Waals surface area (Å²) in [6.45, 7) is 6.59. The molecule has 22 heavy (non-hydrogen) atoms. The molecule has 1 N–H and O–H groups in total. The SMILES string of the molecule is CCNC(=NCCc1ccsc1)N(C)Cc1csc(C)n1.I. The van der Waals surface area contributed by atoms with E-state index >= 15 is 0 Å². The molecular formula is C15H23IN4S2. The van der Waals surface area contributed by atoms with Gasteiger partial charge in [0.15, 0.2) is 5.96 Å². The van der Waals surface area contributed by atoms with Gasteiger partial charge in [-0.25, -0.2) is 4.98 Å². The summed E-state index contributed by atoms with van der Waals surface area (Å²) in [6, 6.07) is 2.16. The predicted molar refractivity (Wildman–Crippen MR) is 108 cm³/mol. The van der Waals surface area contributed by atoms with Crippen molar-refractivity contribution in [2.45, 2.75) is 26.8 Å². The third kappa shape index (κ3) is 6.21. The molecule has 0 saturated carbocycles. The van der Waals surface area contributed by atoms with Crippen LogP contribution in [0.4, 0.5) is 0 Å². The molecule has 2 heterocycles. The van der Waals surface area contributed by atoms with Gasteiger partial charge in [-0.05, 0) is 42.7 Å². The predicted octanol–water partition coefficient (Wildman–Crippen LogP) is 3.77. The first-order chi connectivity index (χ1) is 10.2. The molecule has 0 radical (unpaired) electrons. The van der Waals surface area contributed by atoms with Crippen LogP contribution < -0.4 is 5.32 Å². The van der Waals surface area contributed by atoms with Crippen LogP contribution in [-0.2, 0) is 13.0 Å². The highest BCUT2D eigenvalue weighted by molar-refractivity contribution is 14.0. The summed E-state index contributed by atoms with van der Waals surface area (Å²) in [5.41, 5.74) is 2.46. The van der Waals surface area contributed by atoms with Crippen LogP contribution in [0.3, 0.4) is 0 Å². The second-order valence-corrected chi connectivity index (χ2v) is 6.67. The zero-order valence-corrected chi connectivity index (χ0v) is 17.2. The Hall–Kier alpha value is -0.670. The van der Waals surface area contributed by atoms with Gasteiger partial charge in [0.05, 0.1) is 17.2 Å². The highest BCUT2D eigenvalue weighted by Gasteiger charge is 2.08. The van der Waals surface area contributed by atoms with Crippen molar-refractivity contribution < 1.29 is 0 Å². The van der Waals surface area contributed by atoms with Gasteiger partial charge >= 0.3 is 0 Å². The Morgan fingerprint density at radius 3 is 2.82 bits per heavy atom. The van der Waals surface area contributed by atoms with E-state index in [4.69, 9.17) is 4.99 Å². The van der Waals surface area contributed by atoms with E-state index in [2.05, 4.69) is 51.4 Å². The maximum absolute atomic E-state index is 4.70. The molecule has 0 fully saturated rings. The van der Waals surface area contributed by atoms with Gasteiger partial charge in [0.2, 0.25) is 0 Å². The summed E-state index contributed by atoms with van der Waals surface area (Å²) in [5.74, 6) is 0.943. The van der Waals surface area contributed by atoms with E-state index in [0.29, 0.717) is 0 Å². The monoisotopic (exact) mass is 450 g/mol. The number of aryl methyl sites for hydroxylation is 1. The molecule has 0 aliphatic heterocycles. The number of aliphatic imine (C=N–C) groups is 1. The van der Waals surface area contributed by atoms with Crippen molar-refractivity contribution in [1.82, 2.24) is 15.2 Å². The lowest BCUT2D eigenvalue weighted by Crippen LogP contribution is -2.38. The first-order valence-electron chi connectivity index (χ1n) is 7.10. The molecule has 0 spiro atoms. The first kappa shape index (κ1) is 19.4. The average Bonchev–Trinajstić information content (AvgIpc) is 3.10. The summed E-state index contributed by atoms with van der Waals surface area (Å²) < 4.78 is 0. The minimum Gasteiger partial charge on any atom is -0.357 e. The molecule has 2 aromatic heterocycles. The van der Waals surface area contributed by atoms with Crippen molar-refractivity contribution in [3.05, 3.63) is 38.5 Å². The Labute approximate surface area is 157 Å². The van der Waals surface area contributed by atoms with Crippen molar-refractivity contribution in [2.24, 2.45) is 4.99 Å². The zero-order chi connectivity index (χ0) is 15.1. The highest BCUT2D eigenvalue weighted by Crippen LogP contribution is 2.10. The van der Waals surface area contributed by atoms with Gasteiger partial charge in [0, 0.05) is 25.5 Å². The Bertz CT molecular complexity index is 566. The van der Waals surface area contributed by atoms with Crippen LogP contribution in [-0.4, -0.2) is 36.0 Å². The number of thiophene rings is 1. The lowest BCUT2D eigenvalue weighted by atomic mass is 10.2. The van der Waals surface area contributed by atoms with Crippen molar-refractivity contribution in [3.8, 4) is 0 Å². The maximum Gasteiger partial charge on any atom is 0.194 e. The number of hydrogen-bond acceptors (Lipinski definition) is 4. The fourth-order valence-electron chi connectivity index (χ4n) is 1.99. The van der Waals surface area contributed by atoms with Crippen LogP contribution in [0.2, 0.25) is 0 Å². The summed E-state index contributed by atoms with van der Waals surface area (Å²) in [5, 5.41) is 10.9. The minimum atomic E-state index is 0. The second kappa shape index (κ2) is 10.2. The fraction of sp³-hybridized carbons (Fsp3) is 0.467. The summed E-state index contributed by atoms with van der Waals surface area (Å²) in [6.07, 6.45) is 0.988. The van der Waals surface area contributed by atoms with Crippen LogP contribution in [0, 0.1) is 6.92 Å². The standard InChI is InChI=1S/C15H22N4S2.HI/c1-4-16-15(17-7-5-13-6-8-20-10-13)19(3)9-14-11-21-12(2)18-14;/h6,8,10-11H,4-5,7,9H2,1-3H3,(H,16,17);1H. The Kier molecular flexibility index (Phi) is 8.96. The van der Waals surface area contributed by atoms with E-state index in [9.17, 15) is 0 Å². The zero-order valence-electron chi connectivity index (χ0n) is 13.2. The van der Waals surface area contributed by atoms with Gasteiger partial charge in [-0.1, -0.05) is 0 Å². The van der Waals surface area contributed by atoms with Gasteiger partial charge in [-0.15, -0.1) is 35.3 Å². The lowest BCUT2D eigenvalue weighted by Gasteiger charge is -2.21. The first-order valence-corrected chi connectivity index (χ1v) is 8.92. The van der Waals surface area contributed by atoms with Crippen molar-refractivity contribution in [1.29, 1.82) is 0 Å². The van der Waals surface area contributed by atoms with Gasteiger partial charge < -0.3 is 10.2 Å². The summed E-state index contributed by atoms with van der Waals surface area (Å²) in [4.78, 5) is 11.3. The smallest absolute Gasteiger partial charge is 0.194 e. The quantitative estimate of drug-likeness (QED) is 0.414. The third-order valence-electron chi connectivity index (χ3n) is 3.00. The van der Waals surface area contributed by atoms with Crippen LogP contribution >= 0.6 is 46.7 Å². The van der Waals surface area contributed by atoms with Crippen LogP contribution in [0.15, 0.2) is 27.2 Å². The molecule has 122 valence electrons. The number of hydrogen-bond donors (Lipinski definition) is 1. The number of thiazole rings is 1. The van der Waals surface area contributed by atoms with Crippen molar-refractivity contribution in [2.75, 3.05) is 20.1 Å². The van der Waals surface area contributed by atoms with Crippen molar-refractivity contribution in [3.63, 3.8) is 0 Å². The molecule has 0 amide bonds. The molecule has 0 saturated heterocycles. The molecule has 0 aromatic carbocycles. The van der Waals surface area contributed by atoms with Gasteiger partial charge in [0.25, 0.3) is 0 Å². The molecule has 0 atom stereocenters. The molecule has 0 aliphatic carbocycles. The normalized spacial score (nSPS) is 11.1. The van der Waals surface area contributed by atoms with E-state index in [-0.39, 0.29) is 24.0 Å². The van der Waals surface area contributed by atoms with Crippen LogP contribution in [0.25, 0.3) is 0 Å². The van der Waals surface area contributed by atoms with E-state index in [1.165, 1.54) is 5.56 Å². The lowest BCUT2D eigenvalue weighted by molar-refractivity contribution is 0.471. The molecule has 4 nitrogen and oxygen atoms in total. The number of halogens is 1.